The van der Waals surface area contributed by atoms with E-state index < -0.39 is 0 Å². The van der Waals surface area contributed by atoms with E-state index in [-0.39, 0.29) is 29.3 Å². The summed E-state index contributed by atoms with van der Waals surface area (Å²) in [5.41, 5.74) is 3.84. The zero-order valence-electron chi connectivity index (χ0n) is 18.3. The van der Waals surface area contributed by atoms with Gasteiger partial charge in [0.25, 0.3) is 0 Å². The summed E-state index contributed by atoms with van der Waals surface area (Å²) in [6.45, 7) is 1.42. The zero-order chi connectivity index (χ0) is 22.0. The van der Waals surface area contributed by atoms with Crippen LogP contribution in [0.25, 0.3) is 0 Å². The summed E-state index contributed by atoms with van der Waals surface area (Å²) >= 11 is 0. The highest BCUT2D eigenvalue weighted by atomic mass is 16.6. The second-order valence-electron chi connectivity index (χ2n) is 9.40. The molecule has 1 saturated heterocycles. The van der Waals surface area contributed by atoms with E-state index in [4.69, 9.17) is 14.2 Å². The molecule has 2 aromatic carbocycles. The molecule has 2 aromatic rings. The number of likely N-dealkylation sites (N-methyl/N-ethyl adjacent to an activating group) is 1. The molecular weight excluding hydrogens is 406 g/mol. The predicted octanol–water partition coefficient (Wildman–Crippen LogP) is 3.21. The molecule has 1 spiro atoms. The summed E-state index contributed by atoms with van der Waals surface area (Å²) in [6, 6.07) is 11.6. The van der Waals surface area contributed by atoms with Crippen LogP contribution in [0.4, 0.5) is 0 Å². The van der Waals surface area contributed by atoms with Crippen molar-refractivity contribution in [2.24, 2.45) is 5.92 Å². The van der Waals surface area contributed by atoms with E-state index in [9.17, 15) is 9.90 Å². The monoisotopic (exact) mass is 433 g/mol. The number of carbonyl (C=O) groups is 1. The number of hydrogen-bond acceptors (Lipinski definition) is 6. The van der Waals surface area contributed by atoms with E-state index >= 15 is 0 Å². The first-order valence-electron chi connectivity index (χ1n) is 11.2. The van der Waals surface area contributed by atoms with Gasteiger partial charge in [-0.2, -0.15) is 0 Å². The number of methoxy groups -OCH3 is 1. The molecule has 0 aromatic heterocycles. The first-order chi connectivity index (χ1) is 15.5. The van der Waals surface area contributed by atoms with Gasteiger partial charge in [0.1, 0.15) is 12.2 Å². The van der Waals surface area contributed by atoms with Crippen LogP contribution in [0.3, 0.4) is 0 Å². The van der Waals surface area contributed by atoms with Crippen LogP contribution in [0, 0.1) is 5.92 Å². The summed E-state index contributed by atoms with van der Waals surface area (Å²) in [5, 5.41) is 10.6. The van der Waals surface area contributed by atoms with Crippen molar-refractivity contribution in [3.8, 4) is 11.5 Å². The largest absolute Gasteiger partial charge is 0.504 e. The lowest BCUT2D eigenvalue weighted by atomic mass is 9.53. The number of esters is 1. The number of nitrogens with zero attached hydrogens (tertiary/aromatic N) is 1. The summed E-state index contributed by atoms with van der Waals surface area (Å²) in [4.78, 5) is 14.1. The molecule has 6 rings (SSSR count). The molecule has 2 bridgehead atoms. The highest BCUT2D eigenvalue weighted by molar-refractivity contribution is 5.89. The maximum atomic E-state index is 11.7. The van der Waals surface area contributed by atoms with E-state index in [0.29, 0.717) is 29.9 Å². The molecule has 0 amide bonds. The van der Waals surface area contributed by atoms with Crippen molar-refractivity contribution in [3.63, 3.8) is 0 Å². The molecule has 166 valence electrons. The first-order valence-corrected chi connectivity index (χ1v) is 11.2. The molecule has 2 heterocycles. The highest BCUT2D eigenvalue weighted by Crippen LogP contribution is 2.62. The third-order valence-corrected chi connectivity index (χ3v) is 7.95. The minimum absolute atomic E-state index is 0.160. The number of phenolic OH excluding ortho intramolecular Hbond substituents is 1. The van der Waals surface area contributed by atoms with Gasteiger partial charge in [0, 0.05) is 22.9 Å². The average Bonchev–Trinajstić information content (AvgIpc) is 3.17. The van der Waals surface area contributed by atoms with Crippen LogP contribution in [-0.4, -0.2) is 54.9 Å². The molecule has 1 N–H and O–H groups in total. The van der Waals surface area contributed by atoms with Crippen LogP contribution >= 0.6 is 0 Å². The smallest absolute Gasteiger partial charge is 0.337 e. The third kappa shape index (κ3) is 2.63. The lowest BCUT2D eigenvalue weighted by molar-refractivity contribution is -0.0754. The standard InChI is InChI=1S/C26H27NO5/c1-27-12-11-26-18-8-10-21(31-14-15-3-5-16(6-4-15)25(29)30-2)24(26)32-23-20(28)9-7-17(22(23)26)13-19(18)27/h3-10,18-19,21,24,28H,11-14H2,1-2H3/t18-,19+,21-,24-,26-/m0/s1. The Balaban J connectivity index is 1.31. The fourth-order valence-electron chi connectivity index (χ4n) is 6.41. The quantitative estimate of drug-likeness (QED) is 0.590. The average molecular weight is 434 g/mol. The lowest BCUT2D eigenvalue weighted by Crippen LogP contribution is -2.65. The molecule has 2 aliphatic carbocycles. The molecular formula is C26H27NO5. The molecule has 6 nitrogen and oxygen atoms in total. The number of ether oxygens (including phenoxy) is 3. The Morgan fingerprint density at radius 2 is 2.03 bits per heavy atom. The van der Waals surface area contributed by atoms with Gasteiger partial charge in [-0.3, -0.25) is 0 Å². The molecule has 0 saturated carbocycles. The Hall–Kier alpha value is -2.83. The molecule has 2 aliphatic heterocycles. The normalized spacial score (nSPS) is 31.7. The van der Waals surface area contributed by atoms with Crippen LogP contribution in [0.5, 0.6) is 11.5 Å². The van der Waals surface area contributed by atoms with Gasteiger partial charge in [-0.05, 0) is 55.8 Å². The van der Waals surface area contributed by atoms with Crippen molar-refractivity contribution >= 4 is 5.97 Å². The summed E-state index contributed by atoms with van der Waals surface area (Å²) < 4.78 is 17.7. The van der Waals surface area contributed by atoms with Gasteiger partial charge in [0.05, 0.1) is 19.3 Å². The van der Waals surface area contributed by atoms with E-state index in [0.717, 1.165) is 24.9 Å². The van der Waals surface area contributed by atoms with Crippen LogP contribution in [-0.2, 0) is 27.9 Å². The van der Waals surface area contributed by atoms with Gasteiger partial charge in [0.15, 0.2) is 11.5 Å². The number of benzene rings is 2. The molecule has 32 heavy (non-hydrogen) atoms. The zero-order valence-corrected chi connectivity index (χ0v) is 18.3. The van der Waals surface area contributed by atoms with Gasteiger partial charge in [0.2, 0.25) is 0 Å². The maximum absolute atomic E-state index is 11.7. The lowest BCUT2D eigenvalue weighted by Gasteiger charge is -2.56. The van der Waals surface area contributed by atoms with E-state index in [1.54, 1.807) is 18.2 Å². The Kier molecular flexibility index (Phi) is 4.39. The van der Waals surface area contributed by atoms with Crippen LogP contribution in [0.15, 0.2) is 48.6 Å². The van der Waals surface area contributed by atoms with Gasteiger partial charge < -0.3 is 24.2 Å². The van der Waals surface area contributed by atoms with Crippen molar-refractivity contribution in [1.82, 2.24) is 4.90 Å². The van der Waals surface area contributed by atoms with Crippen LogP contribution in [0.1, 0.15) is 33.5 Å². The number of rotatable bonds is 4. The fraction of sp³-hybridized carbons (Fsp3) is 0.423. The first kappa shape index (κ1) is 19.8. The van der Waals surface area contributed by atoms with E-state index in [1.165, 1.54) is 18.2 Å². The Morgan fingerprint density at radius 3 is 2.81 bits per heavy atom. The molecule has 0 unspecified atom stereocenters. The predicted molar refractivity (Wildman–Crippen MR) is 118 cm³/mol. The number of aromatic hydroxyl groups is 1. The number of likely N-dealkylation sites (tertiary alicyclic amines) is 1. The second kappa shape index (κ2) is 7.09. The second-order valence-corrected chi connectivity index (χ2v) is 9.40. The minimum atomic E-state index is -0.348. The molecule has 1 fully saturated rings. The Bertz CT molecular complexity index is 1110. The SMILES string of the molecule is COC(=O)c1ccc(CO[C@H]2C=C[C@H]3[C@H]4Cc5ccc(O)c6c5[C@@]3(CCN4C)[C@H]2O6)cc1. The fourth-order valence-corrected chi connectivity index (χ4v) is 6.41. The van der Waals surface area contributed by atoms with E-state index in [2.05, 4.69) is 30.2 Å². The summed E-state index contributed by atoms with van der Waals surface area (Å²) in [7, 11) is 3.59. The summed E-state index contributed by atoms with van der Waals surface area (Å²) in [6.07, 6.45) is 6.06. The minimum Gasteiger partial charge on any atom is -0.504 e. The van der Waals surface area contributed by atoms with Crippen molar-refractivity contribution < 1.29 is 24.1 Å². The van der Waals surface area contributed by atoms with Crippen LogP contribution < -0.4 is 4.74 Å². The van der Waals surface area contributed by atoms with Crippen molar-refractivity contribution in [2.45, 2.75) is 43.1 Å². The third-order valence-electron chi connectivity index (χ3n) is 7.95. The number of hydrogen-bond donors (Lipinski definition) is 1. The maximum Gasteiger partial charge on any atom is 0.337 e. The number of phenols is 1. The topological polar surface area (TPSA) is 68.2 Å². The Labute approximate surface area is 187 Å². The number of piperidine rings is 1. The molecule has 5 atom stereocenters. The van der Waals surface area contributed by atoms with Crippen molar-refractivity contribution in [1.29, 1.82) is 0 Å². The molecule has 4 aliphatic rings. The van der Waals surface area contributed by atoms with Gasteiger partial charge in [-0.25, -0.2) is 4.79 Å². The summed E-state index contributed by atoms with van der Waals surface area (Å²) in [5.74, 6) is 0.877. The molecule has 6 heteroatoms. The van der Waals surface area contributed by atoms with Gasteiger partial charge >= 0.3 is 5.97 Å². The van der Waals surface area contributed by atoms with Crippen LogP contribution in [0.2, 0.25) is 0 Å². The van der Waals surface area contributed by atoms with E-state index in [1.807, 2.05) is 12.1 Å². The van der Waals surface area contributed by atoms with Gasteiger partial charge in [-0.15, -0.1) is 0 Å². The molecule has 0 radical (unpaired) electrons. The number of carbonyl (C=O) groups excluding carboxylic acids is 1. The highest BCUT2D eigenvalue weighted by Gasteiger charge is 2.64. The Morgan fingerprint density at radius 1 is 1.22 bits per heavy atom. The van der Waals surface area contributed by atoms with Crippen molar-refractivity contribution in [2.75, 3.05) is 20.7 Å². The van der Waals surface area contributed by atoms with Crippen molar-refractivity contribution in [3.05, 3.63) is 70.8 Å². The van der Waals surface area contributed by atoms with Gasteiger partial charge in [-0.1, -0.05) is 30.4 Å².